The van der Waals surface area contributed by atoms with Crippen LogP contribution in [0, 0.1) is 6.92 Å². The van der Waals surface area contributed by atoms with Gasteiger partial charge in [0.1, 0.15) is 0 Å². The maximum atomic E-state index is 9.43. The van der Waals surface area contributed by atoms with E-state index in [1.54, 1.807) is 0 Å². The third kappa shape index (κ3) is 2.16. The lowest BCUT2D eigenvalue weighted by atomic mass is 9.82. The zero-order valence-electron chi connectivity index (χ0n) is 8.74. The number of aryl methyl sites for hydroxylation is 1. The molecule has 0 heterocycles. The van der Waals surface area contributed by atoms with Gasteiger partial charge in [-0.2, -0.15) is 0 Å². The van der Waals surface area contributed by atoms with Gasteiger partial charge in [-0.05, 0) is 44.1 Å². The standard InChI is InChI=1S/C13H18O/c1-10-3-2-4-12(9-10)11-5-7-13(14)8-6-11/h2-4,9,11,13-14H,5-8H2,1H3. The molecule has 1 aliphatic carbocycles. The molecule has 0 amide bonds. The largest absolute Gasteiger partial charge is 0.393 e. The van der Waals surface area contributed by atoms with Crippen LogP contribution in [0.25, 0.3) is 0 Å². The van der Waals surface area contributed by atoms with Crippen molar-refractivity contribution >= 4 is 0 Å². The quantitative estimate of drug-likeness (QED) is 0.721. The Kier molecular flexibility index (Phi) is 2.87. The molecule has 1 aromatic rings. The van der Waals surface area contributed by atoms with Crippen LogP contribution in [-0.2, 0) is 0 Å². The summed E-state index contributed by atoms with van der Waals surface area (Å²) in [6.07, 6.45) is 4.18. The minimum atomic E-state index is -0.0453. The molecule has 0 aliphatic heterocycles. The summed E-state index contributed by atoms with van der Waals surface area (Å²) in [4.78, 5) is 0. The highest BCUT2D eigenvalue weighted by molar-refractivity contribution is 5.25. The molecular formula is C13H18O. The Bertz CT molecular complexity index is 298. The highest BCUT2D eigenvalue weighted by Crippen LogP contribution is 2.32. The van der Waals surface area contributed by atoms with E-state index in [9.17, 15) is 5.11 Å². The van der Waals surface area contributed by atoms with E-state index in [-0.39, 0.29) is 6.10 Å². The molecule has 1 N–H and O–H groups in total. The van der Waals surface area contributed by atoms with Crippen LogP contribution in [0.4, 0.5) is 0 Å². The lowest BCUT2D eigenvalue weighted by molar-refractivity contribution is 0.122. The molecule has 2 rings (SSSR count). The maximum absolute atomic E-state index is 9.43. The fraction of sp³-hybridized carbons (Fsp3) is 0.538. The van der Waals surface area contributed by atoms with Crippen LogP contribution in [0.1, 0.15) is 42.7 Å². The first-order valence-electron chi connectivity index (χ1n) is 5.50. The fourth-order valence-electron chi connectivity index (χ4n) is 2.33. The van der Waals surface area contributed by atoms with Crippen LogP contribution < -0.4 is 0 Å². The predicted octanol–water partition coefficient (Wildman–Crippen LogP) is 3.01. The molecule has 0 atom stereocenters. The number of aliphatic hydroxyl groups excluding tert-OH is 1. The van der Waals surface area contributed by atoms with E-state index < -0.39 is 0 Å². The van der Waals surface area contributed by atoms with Crippen molar-refractivity contribution in [3.63, 3.8) is 0 Å². The predicted molar refractivity (Wildman–Crippen MR) is 58.4 cm³/mol. The van der Waals surface area contributed by atoms with Crippen LogP contribution in [0.5, 0.6) is 0 Å². The van der Waals surface area contributed by atoms with Gasteiger partial charge in [-0.15, -0.1) is 0 Å². The Morgan fingerprint density at radius 1 is 1.14 bits per heavy atom. The van der Waals surface area contributed by atoms with Crippen molar-refractivity contribution in [2.45, 2.75) is 44.6 Å². The Morgan fingerprint density at radius 3 is 2.50 bits per heavy atom. The lowest BCUT2D eigenvalue weighted by Crippen LogP contribution is -2.16. The molecule has 0 bridgehead atoms. The number of hydrogen-bond donors (Lipinski definition) is 1. The molecular weight excluding hydrogens is 172 g/mol. The van der Waals surface area contributed by atoms with E-state index in [4.69, 9.17) is 0 Å². The van der Waals surface area contributed by atoms with Crippen molar-refractivity contribution in [1.82, 2.24) is 0 Å². The van der Waals surface area contributed by atoms with Crippen molar-refractivity contribution in [2.24, 2.45) is 0 Å². The molecule has 1 aliphatic rings. The molecule has 0 spiro atoms. The van der Waals surface area contributed by atoms with Crippen molar-refractivity contribution < 1.29 is 5.11 Å². The minimum absolute atomic E-state index is 0.0453. The number of hydrogen-bond acceptors (Lipinski definition) is 1. The smallest absolute Gasteiger partial charge is 0.0540 e. The van der Waals surface area contributed by atoms with E-state index in [2.05, 4.69) is 31.2 Å². The molecule has 1 nitrogen and oxygen atoms in total. The number of aliphatic hydroxyl groups is 1. The van der Waals surface area contributed by atoms with Gasteiger partial charge in [0.25, 0.3) is 0 Å². The van der Waals surface area contributed by atoms with Gasteiger partial charge in [0.05, 0.1) is 6.10 Å². The normalized spacial score (nSPS) is 27.6. The molecule has 76 valence electrons. The topological polar surface area (TPSA) is 20.2 Å². The first-order valence-corrected chi connectivity index (χ1v) is 5.50. The zero-order valence-corrected chi connectivity index (χ0v) is 8.74. The van der Waals surface area contributed by atoms with Crippen molar-refractivity contribution in [3.05, 3.63) is 35.4 Å². The highest BCUT2D eigenvalue weighted by atomic mass is 16.3. The lowest BCUT2D eigenvalue weighted by Gasteiger charge is -2.25. The summed E-state index contributed by atoms with van der Waals surface area (Å²) < 4.78 is 0. The molecule has 1 fully saturated rings. The second kappa shape index (κ2) is 4.14. The Balaban J connectivity index is 2.08. The summed E-state index contributed by atoms with van der Waals surface area (Å²) in [5, 5.41) is 9.43. The molecule has 0 unspecified atom stereocenters. The van der Waals surface area contributed by atoms with E-state index in [1.807, 2.05) is 0 Å². The summed E-state index contributed by atoms with van der Waals surface area (Å²) in [5.41, 5.74) is 2.80. The molecule has 1 aromatic carbocycles. The third-order valence-corrected chi connectivity index (χ3v) is 3.21. The summed E-state index contributed by atoms with van der Waals surface area (Å²) >= 11 is 0. The van der Waals surface area contributed by atoms with Gasteiger partial charge < -0.3 is 5.11 Å². The summed E-state index contributed by atoms with van der Waals surface area (Å²) in [7, 11) is 0. The van der Waals surface area contributed by atoms with Gasteiger partial charge in [-0.3, -0.25) is 0 Å². The van der Waals surface area contributed by atoms with Gasteiger partial charge in [0.2, 0.25) is 0 Å². The van der Waals surface area contributed by atoms with Gasteiger partial charge in [0, 0.05) is 0 Å². The van der Waals surface area contributed by atoms with Crippen molar-refractivity contribution in [2.75, 3.05) is 0 Å². The maximum Gasteiger partial charge on any atom is 0.0540 e. The molecule has 0 aromatic heterocycles. The first kappa shape index (κ1) is 9.72. The second-order valence-electron chi connectivity index (χ2n) is 4.42. The van der Waals surface area contributed by atoms with Gasteiger partial charge in [0.15, 0.2) is 0 Å². The van der Waals surface area contributed by atoms with Crippen molar-refractivity contribution in [3.8, 4) is 0 Å². The fourth-order valence-corrected chi connectivity index (χ4v) is 2.33. The Hall–Kier alpha value is -0.820. The Morgan fingerprint density at radius 2 is 1.86 bits per heavy atom. The summed E-state index contributed by atoms with van der Waals surface area (Å²) in [6, 6.07) is 8.77. The van der Waals surface area contributed by atoms with Crippen LogP contribution in [-0.4, -0.2) is 11.2 Å². The Labute approximate surface area is 85.8 Å². The molecule has 1 saturated carbocycles. The number of benzene rings is 1. The second-order valence-corrected chi connectivity index (χ2v) is 4.42. The highest BCUT2D eigenvalue weighted by Gasteiger charge is 2.20. The third-order valence-electron chi connectivity index (χ3n) is 3.21. The molecule has 0 radical (unpaired) electrons. The zero-order chi connectivity index (χ0) is 9.97. The summed E-state index contributed by atoms with van der Waals surface area (Å²) in [6.45, 7) is 2.14. The van der Waals surface area contributed by atoms with Gasteiger partial charge in [-0.25, -0.2) is 0 Å². The van der Waals surface area contributed by atoms with E-state index in [0.29, 0.717) is 5.92 Å². The monoisotopic (exact) mass is 190 g/mol. The van der Waals surface area contributed by atoms with Gasteiger partial charge in [-0.1, -0.05) is 29.8 Å². The van der Waals surface area contributed by atoms with Crippen LogP contribution in [0.2, 0.25) is 0 Å². The molecule has 14 heavy (non-hydrogen) atoms. The van der Waals surface area contributed by atoms with E-state index >= 15 is 0 Å². The number of rotatable bonds is 1. The van der Waals surface area contributed by atoms with Crippen LogP contribution in [0.15, 0.2) is 24.3 Å². The molecule has 0 saturated heterocycles. The first-order chi connectivity index (χ1) is 6.75. The van der Waals surface area contributed by atoms with Crippen molar-refractivity contribution in [1.29, 1.82) is 0 Å². The average Bonchev–Trinajstić information content (AvgIpc) is 2.19. The summed E-state index contributed by atoms with van der Waals surface area (Å²) in [5.74, 6) is 0.679. The van der Waals surface area contributed by atoms with E-state index in [1.165, 1.54) is 11.1 Å². The molecule has 1 heteroatoms. The van der Waals surface area contributed by atoms with Crippen LogP contribution in [0.3, 0.4) is 0 Å². The van der Waals surface area contributed by atoms with E-state index in [0.717, 1.165) is 25.7 Å². The average molecular weight is 190 g/mol. The van der Waals surface area contributed by atoms with Crippen LogP contribution >= 0.6 is 0 Å². The van der Waals surface area contributed by atoms with Gasteiger partial charge >= 0.3 is 0 Å². The minimum Gasteiger partial charge on any atom is -0.393 e. The SMILES string of the molecule is Cc1cccc(C2CCC(O)CC2)c1.